The maximum atomic E-state index is 3.43. The van der Waals surface area contributed by atoms with E-state index in [4.69, 9.17) is 0 Å². The predicted molar refractivity (Wildman–Crippen MR) is 97.9 cm³/mol. The minimum atomic E-state index is 0. The number of nitrogens with zero attached hydrogens (tertiary/aromatic N) is 1. The molecule has 0 radical (unpaired) electrons. The molecule has 0 aromatic heterocycles. The van der Waals surface area contributed by atoms with E-state index in [0.29, 0.717) is 0 Å². The van der Waals surface area contributed by atoms with Crippen molar-refractivity contribution in [1.82, 2.24) is 0 Å². The average Bonchev–Trinajstić information content (AvgIpc) is 2.60. The van der Waals surface area contributed by atoms with Crippen molar-refractivity contribution in [3.8, 4) is 0 Å². The lowest BCUT2D eigenvalue weighted by atomic mass is 9.86. The van der Waals surface area contributed by atoms with E-state index in [0.717, 1.165) is 5.57 Å². The first-order valence-corrected chi connectivity index (χ1v) is 7.86. The number of likely N-dealkylation sites (N-methyl/N-ethyl adjacent to an activating group) is 1. The Morgan fingerprint density at radius 2 is 1.75 bits per heavy atom. The SMILES string of the molecule is Cc1ccc(C=C2C3=[C+]C=CC=C3N(C)c3ccccc32)cc1.[I-]. The molecule has 4 rings (SSSR count). The van der Waals surface area contributed by atoms with Crippen LogP contribution in [0.1, 0.15) is 16.7 Å². The van der Waals surface area contributed by atoms with Gasteiger partial charge < -0.3 is 28.9 Å². The second-order valence-electron chi connectivity index (χ2n) is 5.98. The molecule has 0 amide bonds. The van der Waals surface area contributed by atoms with Gasteiger partial charge >= 0.3 is 0 Å². The van der Waals surface area contributed by atoms with Gasteiger partial charge in [0, 0.05) is 25.3 Å². The van der Waals surface area contributed by atoms with E-state index in [-0.39, 0.29) is 24.0 Å². The molecule has 2 aliphatic rings. The zero-order chi connectivity index (χ0) is 15.8. The van der Waals surface area contributed by atoms with Crippen LogP contribution in [0.4, 0.5) is 5.69 Å². The van der Waals surface area contributed by atoms with E-state index < -0.39 is 0 Å². The van der Waals surface area contributed by atoms with Gasteiger partial charge in [0.1, 0.15) is 5.70 Å². The molecule has 2 heteroatoms. The number of para-hydroxylation sites is 1. The standard InChI is InChI=1S/C22H18N.HI/c1-16-11-13-17(14-12-16)15-20-18-7-3-5-9-21(18)23(2)22-10-6-4-8-19(20)22;/h3-7,9-15H,1-2H3;1H/q+1;/p-1. The highest BCUT2D eigenvalue weighted by Gasteiger charge is 2.34. The van der Waals surface area contributed by atoms with Gasteiger partial charge in [0.2, 0.25) is 0 Å². The third kappa shape index (κ3) is 2.83. The Morgan fingerprint density at radius 3 is 2.54 bits per heavy atom. The van der Waals surface area contributed by atoms with Crippen molar-refractivity contribution < 1.29 is 24.0 Å². The molecule has 1 heterocycles. The molecule has 0 N–H and O–H groups in total. The van der Waals surface area contributed by atoms with Crippen LogP contribution in [0.25, 0.3) is 11.6 Å². The van der Waals surface area contributed by atoms with Gasteiger partial charge in [-0.1, -0.05) is 42.0 Å². The van der Waals surface area contributed by atoms with Crippen LogP contribution in [0, 0.1) is 13.0 Å². The number of benzene rings is 2. The largest absolute Gasteiger partial charge is 1.00 e. The Bertz CT molecular complexity index is 882. The molecule has 0 saturated heterocycles. The number of hydrogen-bond acceptors (Lipinski definition) is 1. The zero-order valence-electron chi connectivity index (χ0n) is 13.8. The molecular weight excluding hydrogens is 405 g/mol. The van der Waals surface area contributed by atoms with Crippen molar-refractivity contribution >= 4 is 17.3 Å². The summed E-state index contributed by atoms with van der Waals surface area (Å²) in [5.41, 5.74) is 8.58. The molecule has 1 nitrogen and oxygen atoms in total. The number of rotatable bonds is 1. The van der Waals surface area contributed by atoms with Crippen LogP contribution in [0.3, 0.4) is 0 Å². The molecule has 0 fully saturated rings. The Morgan fingerprint density at radius 1 is 1.00 bits per heavy atom. The van der Waals surface area contributed by atoms with E-state index in [1.165, 1.54) is 33.6 Å². The zero-order valence-corrected chi connectivity index (χ0v) is 15.9. The second-order valence-corrected chi connectivity index (χ2v) is 5.98. The molecule has 118 valence electrons. The van der Waals surface area contributed by atoms with Crippen LogP contribution in [0.2, 0.25) is 0 Å². The quantitative estimate of drug-likeness (QED) is 0.502. The number of halogens is 1. The lowest BCUT2D eigenvalue weighted by Crippen LogP contribution is -3.00. The summed E-state index contributed by atoms with van der Waals surface area (Å²) in [5, 5.41) is 0. The molecule has 1 aliphatic heterocycles. The van der Waals surface area contributed by atoms with Crippen LogP contribution in [0.15, 0.2) is 78.0 Å². The minimum Gasteiger partial charge on any atom is -1.00 e. The van der Waals surface area contributed by atoms with Crippen molar-refractivity contribution in [2.24, 2.45) is 0 Å². The summed E-state index contributed by atoms with van der Waals surface area (Å²) in [4.78, 5) is 2.24. The summed E-state index contributed by atoms with van der Waals surface area (Å²) in [7, 11) is 2.12. The van der Waals surface area contributed by atoms with Gasteiger partial charge in [0.25, 0.3) is 0 Å². The van der Waals surface area contributed by atoms with E-state index in [2.05, 4.69) is 85.6 Å². The predicted octanol–water partition coefficient (Wildman–Crippen LogP) is 2.17. The first-order valence-electron chi connectivity index (χ1n) is 7.86. The fourth-order valence-corrected chi connectivity index (χ4v) is 3.16. The van der Waals surface area contributed by atoms with Crippen LogP contribution in [0.5, 0.6) is 0 Å². The normalized spacial score (nSPS) is 16.4. The molecule has 24 heavy (non-hydrogen) atoms. The summed E-state index contributed by atoms with van der Waals surface area (Å²) in [6.07, 6.45) is 11.9. The summed E-state index contributed by atoms with van der Waals surface area (Å²) >= 11 is 0. The van der Waals surface area contributed by atoms with Crippen LogP contribution in [-0.4, -0.2) is 7.05 Å². The number of aryl methyl sites for hydroxylation is 1. The summed E-state index contributed by atoms with van der Waals surface area (Å²) < 4.78 is 0. The lowest BCUT2D eigenvalue weighted by Gasteiger charge is -2.28. The van der Waals surface area contributed by atoms with Gasteiger partial charge in [0.05, 0.1) is 22.9 Å². The van der Waals surface area contributed by atoms with Crippen molar-refractivity contribution in [2.45, 2.75) is 6.92 Å². The molecular formula is C22H18IN. The Kier molecular flexibility index (Phi) is 4.70. The Labute approximate surface area is 160 Å². The maximum absolute atomic E-state index is 3.43. The molecule has 2 aromatic rings. The summed E-state index contributed by atoms with van der Waals surface area (Å²) in [6, 6.07) is 17.2. The third-order valence-electron chi connectivity index (χ3n) is 4.41. The van der Waals surface area contributed by atoms with Gasteiger partial charge in [-0.15, -0.1) is 0 Å². The fraction of sp³-hybridized carbons (Fsp3) is 0.0909. The molecule has 0 spiro atoms. The van der Waals surface area contributed by atoms with Gasteiger partial charge in [-0.2, -0.15) is 0 Å². The van der Waals surface area contributed by atoms with Crippen molar-refractivity contribution in [1.29, 1.82) is 0 Å². The average molecular weight is 423 g/mol. The van der Waals surface area contributed by atoms with Gasteiger partial charge in [0.15, 0.2) is 5.57 Å². The number of fused-ring (bicyclic) bond motifs is 2. The Hall–Kier alpha value is -2.16. The first-order chi connectivity index (χ1) is 11.2. The van der Waals surface area contributed by atoms with E-state index in [9.17, 15) is 0 Å². The Balaban J connectivity index is 0.00000169. The molecule has 1 aliphatic carbocycles. The van der Waals surface area contributed by atoms with Gasteiger partial charge in [-0.25, -0.2) is 0 Å². The van der Waals surface area contributed by atoms with Crippen molar-refractivity contribution in [3.63, 3.8) is 0 Å². The van der Waals surface area contributed by atoms with Crippen LogP contribution < -0.4 is 28.9 Å². The fourth-order valence-electron chi connectivity index (χ4n) is 3.16. The van der Waals surface area contributed by atoms with Crippen LogP contribution in [-0.2, 0) is 0 Å². The molecule has 0 saturated carbocycles. The van der Waals surface area contributed by atoms with Gasteiger partial charge in [-0.3, -0.25) is 0 Å². The number of hydrogen-bond donors (Lipinski definition) is 0. The van der Waals surface area contributed by atoms with Crippen molar-refractivity contribution in [2.75, 3.05) is 11.9 Å². The molecule has 2 aromatic carbocycles. The second kappa shape index (κ2) is 6.76. The topological polar surface area (TPSA) is 3.24 Å². The number of allylic oxidation sites excluding steroid dienone is 5. The van der Waals surface area contributed by atoms with Crippen molar-refractivity contribution in [3.05, 3.63) is 101 Å². The maximum Gasteiger partial charge on any atom is 0.179 e. The lowest BCUT2D eigenvalue weighted by molar-refractivity contribution is -0.00000444. The summed E-state index contributed by atoms with van der Waals surface area (Å²) in [5.74, 6) is 0. The molecule has 0 atom stereocenters. The third-order valence-corrected chi connectivity index (χ3v) is 4.41. The van der Waals surface area contributed by atoms with E-state index >= 15 is 0 Å². The smallest absolute Gasteiger partial charge is 0.179 e. The molecule has 0 unspecified atom stereocenters. The summed E-state index contributed by atoms with van der Waals surface area (Å²) in [6.45, 7) is 2.12. The van der Waals surface area contributed by atoms with Gasteiger partial charge in [-0.05, 0) is 30.7 Å². The molecule has 0 bridgehead atoms. The number of anilines is 1. The first kappa shape index (κ1) is 16.7. The van der Waals surface area contributed by atoms with E-state index in [1.54, 1.807) is 0 Å². The minimum absolute atomic E-state index is 0. The highest BCUT2D eigenvalue weighted by Crippen LogP contribution is 2.43. The van der Waals surface area contributed by atoms with Crippen LogP contribution >= 0.6 is 0 Å². The highest BCUT2D eigenvalue weighted by atomic mass is 127. The monoisotopic (exact) mass is 423 g/mol. The van der Waals surface area contributed by atoms with E-state index in [1.807, 2.05) is 12.2 Å². The highest BCUT2D eigenvalue weighted by molar-refractivity contribution is 6.01.